The number of amides is 2. The smallest absolute Gasteiger partial charge is 0.354 e. The van der Waals surface area contributed by atoms with Crippen LogP contribution in [-0.4, -0.2) is 15.3 Å². The molecule has 9 heteroatoms. The fraction of sp³-hybridized carbons (Fsp3) is 0.476. The van der Waals surface area contributed by atoms with Crippen LogP contribution in [0.1, 0.15) is 60.3 Å². The highest BCUT2D eigenvalue weighted by Gasteiger charge is 2.30. The van der Waals surface area contributed by atoms with Crippen molar-refractivity contribution in [2.45, 2.75) is 70.0 Å². The number of nitrogens with one attached hydrogen (secondary N) is 1. The van der Waals surface area contributed by atoms with Gasteiger partial charge in [0.15, 0.2) is 9.92 Å². The summed E-state index contributed by atoms with van der Waals surface area (Å²) in [7, 11) is -3.67. The maximum atomic E-state index is 14.8. The molecule has 0 saturated heterocycles. The number of furan rings is 1. The van der Waals surface area contributed by atoms with E-state index in [4.69, 9.17) is 9.56 Å². The van der Waals surface area contributed by atoms with Crippen LogP contribution in [0, 0.1) is 12.7 Å². The molecule has 0 spiro atoms. The number of nitrogens with two attached hydrogens (primary N) is 1. The lowest BCUT2D eigenvalue weighted by Crippen LogP contribution is -2.19. The first-order valence-corrected chi connectivity index (χ1v) is 11.6. The Hall–Kier alpha value is -2.23. The lowest BCUT2D eigenvalue weighted by molar-refractivity contribution is 0.0769. The normalized spacial score (nSPS) is 17.4. The Morgan fingerprint density at radius 3 is 2.23 bits per heavy atom. The summed E-state index contributed by atoms with van der Waals surface area (Å²) in [6, 6.07) is 0.498. The molecule has 0 aliphatic heterocycles. The molecule has 4 rings (SSSR count). The number of nitrogens with zero attached hydrogens (tertiary/aromatic N) is 1. The number of rotatable bonds is 3. The Morgan fingerprint density at radius 1 is 1.20 bits per heavy atom. The molecule has 2 aliphatic carbocycles. The molecule has 0 unspecified atom stereocenters. The van der Waals surface area contributed by atoms with Crippen molar-refractivity contribution in [3.05, 3.63) is 45.5 Å². The zero-order chi connectivity index (χ0) is 21.8. The number of urea groups is 1. The van der Waals surface area contributed by atoms with Crippen molar-refractivity contribution in [1.29, 1.82) is 0 Å². The van der Waals surface area contributed by atoms with Crippen molar-refractivity contribution < 1.29 is 22.9 Å². The quantitative estimate of drug-likeness (QED) is 0.678. The number of aryl methyl sites for hydroxylation is 1. The number of carbonyl (C=O) groups excluding carboxylic acids is 1. The third-order valence-corrected chi connectivity index (χ3v) is 7.08. The predicted octanol–water partition coefficient (Wildman–Crippen LogP) is 3.86. The minimum atomic E-state index is -3.67. The largest absolute Gasteiger partial charge is 0.450 e. The summed E-state index contributed by atoms with van der Waals surface area (Å²) in [6.07, 6.45) is 4.31. The maximum Gasteiger partial charge on any atom is 0.354 e. The third kappa shape index (κ3) is 3.55. The van der Waals surface area contributed by atoms with Crippen LogP contribution in [-0.2, 0) is 41.2 Å². The van der Waals surface area contributed by atoms with E-state index >= 15 is 0 Å². The molecule has 0 radical (unpaired) electrons. The van der Waals surface area contributed by atoms with Gasteiger partial charge in [0.05, 0.1) is 5.60 Å². The van der Waals surface area contributed by atoms with Crippen LogP contribution in [0.4, 0.5) is 14.9 Å². The molecule has 0 fully saturated rings. The van der Waals surface area contributed by atoms with E-state index in [2.05, 4.69) is 9.68 Å². The zero-order valence-electron chi connectivity index (χ0n) is 17.3. The number of aliphatic hydroxyl groups is 1. The Balaban J connectivity index is 1.69. The van der Waals surface area contributed by atoms with Crippen LogP contribution < -0.4 is 10.5 Å². The van der Waals surface area contributed by atoms with E-state index in [9.17, 15) is 18.5 Å². The number of carbonyl (C=O) groups is 1. The molecule has 162 valence electrons. The van der Waals surface area contributed by atoms with E-state index in [1.165, 1.54) is 6.07 Å². The summed E-state index contributed by atoms with van der Waals surface area (Å²) in [4.78, 5) is 12.7. The van der Waals surface area contributed by atoms with Gasteiger partial charge in [0.25, 0.3) is 0 Å². The van der Waals surface area contributed by atoms with Gasteiger partial charge >= 0.3 is 6.03 Å². The Bertz CT molecular complexity index is 1130. The molecule has 30 heavy (non-hydrogen) atoms. The van der Waals surface area contributed by atoms with Gasteiger partial charge in [-0.15, -0.1) is 4.36 Å². The monoisotopic (exact) mass is 435 g/mol. The molecule has 2 amide bonds. The first kappa shape index (κ1) is 21.0. The van der Waals surface area contributed by atoms with Gasteiger partial charge < -0.3 is 14.8 Å². The SMILES string of the molecule is Cc1oc([S@](N)(=O)=NC(=O)Nc2c3c(c(F)c4c2CCC4)CCC3)cc1C(C)(C)O. The summed E-state index contributed by atoms with van der Waals surface area (Å²) in [5.74, 6) is 0.207. The molecular weight excluding hydrogens is 409 g/mol. The first-order chi connectivity index (χ1) is 14.0. The molecule has 4 N–H and O–H groups in total. The topological polar surface area (TPSA) is 118 Å². The van der Waals surface area contributed by atoms with Crippen molar-refractivity contribution in [1.82, 2.24) is 0 Å². The molecule has 1 aromatic carbocycles. The lowest BCUT2D eigenvalue weighted by Gasteiger charge is -2.16. The first-order valence-electron chi connectivity index (χ1n) is 10.0. The molecule has 0 saturated carbocycles. The maximum absolute atomic E-state index is 14.8. The van der Waals surface area contributed by atoms with Crippen molar-refractivity contribution >= 4 is 21.6 Å². The summed E-state index contributed by atoms with van der Waals surface area (Å²) >= 11 is 0. The van der Waals surface area contributed by atoms with E-state index in [0.29, 0.717) is 53.8 Å². The minimum absolute atomic E-state index is 0.141. The van der Waals surface area contributed by atoms with Crippen molar-refractivity contribution in [2.75, 3.05) is 5.32 Å². The van der Waals surface area contributed by atoms with E-state index in [0.717, 1.165) is 24.0 Å². The van der Waals surface area contributed by atoms with E-state index in [1.54, 1.807) is 20.8 Å². The van der Waals surface area contributed by atoms with Gasteiger partial charge in [-0.2, -0.15) is 0 Å². The number of fused-ring (bicyclic) bond motifs is 2. The Kier molecular flexibility index (Phi) is 5.03. The Labute approximate surface area is 175 Å². The van der Waals surface area contributed by atoms with Crippen LogP contribution in [0.15, 0.2) is 19.9 Å². The van der Waals surface area contributed by atoms with Crippen molar-refractivity contribution in [3.63, 3.8) is 0 Å². The van der Waals surface area contributed by atoms with E-state index < -0.39 is 21.5 Å². The van der Waals surface area contributed by atoms with Gasteiger partial charge in [0, 0.05) is 17.3 Å². The second kappa shape index (κ2) is 7.18. The minimum Gasteiger partial charge on any atom is -0.450 e. The Morgan fingerprint density at radius 2 is 1.73 bits per heavy atom. The van der Waals surface area contributed by atoms with Gasteiger partial charge in [-0.05, 0) is 81.5 Å². The summed E-state index contributed by atoms with van der Waals surface area (Å²) < 4.78 is 36.8. The second-order valence-electron chi connectivity index (χ2n) is 8.49. The van der Waals surface area contributed by atoms with E-state index in [-0.39, 0.29) is 10.9 Å². The molecule has 0 bridgehead atoms. The van der Waals surface area contributed by atoms with Crippen LogP contribution in [0.25, 0.3) is 0 Å². The number of hydrogen-bond donors (Lipinski definition) is 3. The highest BCUT2D eigenvalue weighted by molar-refractivity contribution is 7.91. The van der Waals surface area contributed by atoms with Crippen LogP contribution >= 0.6 is 0 Å². The molecule has 7 nitrogen and oxygen atoms in total. The van der Waals surface area contributed by atoms with Gasteiger partial charge in [-0.1, -0.05) is 0 Å². The molecule has 2 aliphatic rings. The standard InChI is InChI=1S/C21H26FN3O4S/c1-11-16(21(2,3)27)10-17(29-11)30(23,28)25-20(26)24-19-14-8-4-6-12(14)18(22)13-7-5-9-15(13)19/h10,27H,4-9H2,1-3H3,(H3,23,24,25,26,28)/t30-/m1/s1. The molecule has 1 atom stereocenters. The van der Waals surface area contributed by atoms with Crippen LogP contribution in [0.2, 0.25) is 0 Å². The van der Waals surface area contributed by atoms with Gasteiger partial charge in [-0.25, -0.2) is 18.5 Å². The van der Waals surface area contributed by atoms with Crippen LogP contribution in [0.3, 0.4) is 0 Å². The predicted molar refractivity (Wildman–Crippen MR) is 111 cm³/mol. The summed E-state index contributed by atoms with van der Waals surface area (Å²) in [6.45, 7) is 4.73. The van der Waals surface area contributed by atoms with E-state index in [1.807, 2.05) is 0 Å². The summed E-state index contributed by atoms with van der Waals surface area (Å²) in [5, 5.41) is 18.6. The fourth-order valence-corrected chi connectivity index (χ4v) is 5.46. The van der Waals surface area contributed by atoms with Crippen molar-refractivity contribution in [2.24, 2.45) is 9.50 Å². The fourth-order valence-electron chi connectivity index (χ4n) is 4.54. The summed E-state index contributed by atoms with van der Waals surface area (Å²) in [5.41, 5.74) is 2.72. The highest BCUT2D eigenvalue weighted by Crippen LogP contribution is 2.41. The zero-order valence-corrected chi connectivity index (χ0v) is 18.1. The van der Waals surface area contributed by atoms with Gasteiger partial charge in [-0.3, -0.25) is 0 Å². The van der Waals surface area contributed by atoms with Crippen molar-refractivity contribution in [3.8, 4) is 0 Å². The third-order valence-electron chi connectivity index (χ3n) is 5.86. The highest BCUT2D eigenvalue weighted by atomic mass is 32.2. The van der Waals surface area contributed by atoms with Crippen LogP contribution in [0.5, 0.6) is 0 Å². The van der Waals surface area contributed by atoms with Gasteiger partial charge in [0.2, 0.25) is 5.09 Å². The number of benzene rings is 1. The number of halogens is 1. The van der Waals surface area contributed by atoms with Gasteiger partial charge in [0.1, 0.15) is 11.6 Å². The second-order valence-corrected chi connectivity index (χ2v) is 10.2. The average molecular weight is 436 g/mol. The average Bonchev–Trinajstić information content (AvgIpc) is 3.36. The number of hydrogen-bond acceptors (Lipinski definition) is 4. The molecular formula is C21H26FN3O4S. The molecule has 1 aromatic heterocycles. The molecule has 1 heterocycles. The molecule has 2 aromatic rings. The lowest BCUT2D eigenvalue weighted by atomic mass is 9.98. The number of anilines is 1.